The number of phenols is 2. The molecule has 14 atom stereocenters. The molecule has 14 unspecified atom stereocenters. The largest absolute Gasteiger partial charge is 0.508 e. The van der Waals surface area contributed by atoms with E-state index in [-0.39, 0.29) is 61.0 Å². The maximum atomic E-state index is 14.2. The van der Waals surface area contributed by atoms with Crippen LogP contribution < -0.4 is 75.3 Å². The number of hydrogen-bond donors (Lipinski definition) is 25. The number of likely N-dealkylation sites (tertiary alicyclic amines) is 1. The van der Waals surface area contributed by atoms with Crippen LogP contribution in [0.15, 0.2) is 48.5 Å². The lowest BCUT2D eigenvalue weighted by Gasteiger charge is -2.30. The quantitative estimate of drug-likeness (QED) is 0.0275. The van der Waals surface area contributed by atoms with Crippen molar-refractivity contribution >= 4 is 170 Å². The minimum Gasteiger partial charge on any atom is -0.508 e. The Balaban J connectivity index is 1.68. The number of nitrogens with zero attached hydrogens (tertiary/aromatic N) is 1. The van der Waals surface area contributed by atoms with Crippen LogP contribution in [0, 0.1) is 0 Å². The Morgan fingerprint density at radius 3 is 1.34 bits per heavy atom. The number of hydrogen-bond acceptors (Lipinski definition) is 26. The van der Waals surface area contributed by atoms with Gasteiger partial charge in [0.05, 0.1) is 25.1 Å². The molecule has 21 N–H and O–H groups in total. The number of primary amides is 1. The summed E-state index contributed by atoms with van der Waals surface area (Å²) in [7, 11) is 0. The zero-order valence-electron chi connectivity index (χ0n) is 54.4. The van der Waals surface area contributed by atoms with Crippen molar-refractivity contribution in [3.8, 4) is 11.5 Å². The summed E-state index contributed by atoms with van der Waals surface area (Å²) in [4.78, 5) is 213. The maximum Gasteiger partial charge on any atom is 0.326 e. The SMILES string of the molecule is CC(NC(=O)C1CCCN1C(=O)C(CC(N)=O)NC(=O)C(CS)NC(=O)C(CS)NC(=O)C(Cc1ccc(O)cc1)NC(=O)C(CCC(=O)O)NC(=O)C(CS)NC(=O)C(N)CS)C(=O)NC(CS)C(=O)NC(C(=O)NCC(=O)NC(CS)C(=O)NC(Cc1ccc(O)cc1)C(=O)O)C(C)O. The van der Waals surface area contributed by atoms with Gasteiger partial charge in [0, 0.05) is 60.3 Å². The van der Waals surface area contributed by atoms with Gasteiger partial charge in [-0.05, 0) is 68.5 Å². The molecule has 1 heterocycles. The number of amides is 14. The maximum absolute atomic E-state index is 14.2. The van der Waals surface area contributed by atoms with Crippen LogP contribution in [0.3, 0.4) is 0 Å². The number of carbonyl (C=O) groups is 16. The van der Waals surface area contributed by atoms with Gasteiger partial charge in [-0.1, -0.05) is 24.3 Å². The fraction of sp³-hybridized carbons (Fsp3) is 0.525. The van der Waals surface area contributed by atoms with Gasteiger partial charge in [-0.25, -0.2) is 4.79 Å². The number of nitrogens with two attached hydrogens (primary N) is 2. The third kappa shape index (κ3) is 28.9. The molecule has 0 saturated carbocycles. The van der Waals surface area contributed by atoms with Crippen LogP contribution in [-0.4, -0.2) is 257 Å². The number of aromatic hydroxyl groups is 2. The summed E-state index contributed by atoms with van der Waals surface area (Å²) >= 11 is 24.6. The number of benzene rings is 2. The molecule has 0 bridgehead atoms. The van der Waals surface area contributed by atoms with Crippen molar-refractivity contribution in [2.24, 2.45) is 11.5 Å². The van der Waals surface area contributed by atoms with E-state index in [1.54, 1.807) is 0 Å². The summed E-state index contributed by atoms with van der Waals surface area (Å²) in [5.41, 5.74) is 12.0. The zero-order valence-corrected chi connectivity index (χ0v) is 59.7. The van der Waals surface area contributed by atoms with Gasteiger partial charge in [-0.2, -0.15) is 75.8 Å². The number of nitrogens with one attached hydrogen (secondary N) is 12. The molecular weight excluding hydrogens is 1450 g/mol. The van der Waals surface area contributed by atoms with E-state index in [9.17, 15) is 102 Å². The molecule has 0 spiro atoms. The van der Waals surface area contributed by atoms with Crippen LogP contribution in [0.5, 0.6) is 11.5 Å². The molecular formula is C59H85N15O21S6. The van der Waals surface area contributed by atoms with Gasteiger partial charge in [0.1, 0.15) is 84.0 Å². The summed E-state index contributed by atoms with van der Waals surface area (Å²) in [5.74, 6) is -19.3. The molecule has 101 heavy (non-hydrogen) atoms. The highest BCUT2D eigenvalue weighted by Crippen LogP contribution is 2.21. The van der Waals surface area contributed by atoms with Crippen molar-refractivity contribution in [1.29, 1.82) is 0 Å². The highest BCUT2D eigenvalue weighted by molar-refractivity contribution is 7.81. The molecule has 1 aliphatic heterocycles. The molecule has 558 valence electrons. The van der Waals surface area contributed by atoms with Crippen LogP contribution in [0.1, 0.15) is 57.1 Å². The topological polar surface area (TPSA) is 574 Å². The highest BCUT2D eigenvalue weighted by atomic mass is 32.1. The lowest BCUT2D eigenvalue weighted by atomic mass is 10.0. The van der Waals surface area contributed by atoms with Gasteiger partial charge >= 0.3 is 11.9 Å². The number of carbonyl (C=O) groups excluding carboxylic acids is 14. The van der Waals surface area contributed by atoms with Gasteiger partial charge in [0.25, 0.3) is 0 Å². The van der Waals surface area contributed by atoms with Gasteiger partial charge in [0.2, 0.25) is 82.7 Å². The summed E-state index contributed by atoms with van der Waals surface area (Å²) < 4.78 is 0. The fourth-order valence-corrected chi connectivity index (χ4v) is 10.9. The summed E-state index contributed by atoms with van der Waals surface area (Å²) in [6.07, 6.45) is -4.01. The summed E-state index contributed by atoms with van der Waals surface area (Å²) in [5, 5.41) is 77.2. The number of aliphatic hydroxyl groups is 1. The van der Waals surface area contributed by atoms with E-state index in [2.05, 4.69) is 140 Å². The zero-order chi connectivity index (χ0) is 76.0. The fourth-order valence-electron chi connectivity index (χ4n) is 9.41. The Morgan fingerprint density at radius 1 is 0.495 bits per heavy atom. The summed E-state index contributed by atoms with van der Waals surface area (Å²) in [6, 6.07) is -8.90. The smallest absolute Gasteiger partial charge is 0.326 e. The Bertz CT molecular complexity index is 3290. The minimum absolute atomic E-state index is 0.00496. The molecule has 1 fully saturated rings. The second-order valence-corrected chi connectivity index (χ2v) is 25.0. The van der Waals surface area contributed by atoms with Gasteiger partial charge in [0.15, 0.2) is 0 Å². The van der Waals surface area contributed by atoms with E-state index in [0.29, 0.717) is 11.1 Å². The van der Waals surface area contributed by atoms with E-state index in [1.165, 1.54) is 55.5 Å². The Morgan fingerprint density at radius 2 is 0.891 bits per heavy atom. The molecule has 14 amide bonds. The first kappa shape index (κ1) is 86.8. The standard InChI is InChI=1S/C59H85N15O21S6/c1-26(47(82)69-41(25-101)55(90)73-46(27(2)75)57(92)62-19-44(79)64-37(21-97)51(86)68-36(59(94)95)17-29-7-11-31(77)12-8-29)63-56(91)42-4-3-15-74(42)58(93)35(18-43(61)78)67-53(88)39(23-99)72-54(89)40(24-100)71-50(85)34(16-28-5-9-30(76)10-6-28)66-49(84)33(13-14-45(80)81)65-52(87)38(22-98)70-48(83)32(60)20-96/h5-12,26-27,32-42,46,75-77,96-101H,3-4,13-25,60H2,1-2H3,(H2,61,78)(H,62,92)(H,63,91)(H,64,79)(H,65,87)(H,66,84)(H,67,88)(H,68,86)(H,69,82)(H,70,83)(H,71,85)(H,72,89)(H,73,90)(H,80,81)(H,94,95). The molecule has 0 aliphatic carbocycles. The van der Waals surface area contributed by atoms with Crippen molar-refractivity contribution in [2.75, 3.05) is 47.6 Å². The number of carboxylic acids is 2. The average Bonchev–Trinajstić information content (AvgIpc) is 1.74. The monoisotopic (exact) mass is 1530 g/mol. The van der Waals surface area contributed by atoms with Gasteiger partial charge in [-0.15, -0.1) is 0 Å². The molecule has 36 nitrogen and oxygen atoms in total. The number of thiol groups is 6. The second-order valence-electron chi connectivity index (χ2n) is 22.9. The van der Waals surface area contributed by atoms with Crippen LogP contribution in [0.25, 0.3) is 0 Å². The third-order valence-corrected chi connectivity index (χ3v) is 17.2. The molecule has 3 rings (SSSR count). The second kappa shape index (κ2) is 43.4. The van der Waals surface area contributed by atoms with Crippen molar-refractivity contribution in [1.82, 2.24) is 68.7 Å². The van der Waals surface area contributed by atoms with Gasteiger partial charge < -0.3 is 106 Å². The number of phenolic OH excluding ortho intramolecular Hbond substituents is 2. The summed E-state index contributed by atoms with van der Waals surface area (Å²) in [6.45, 7) is 1.38. The Kier molecular flexibility index (Phi) is 37.3. The lowest BCUT2D eigenvalue weighted by Crippen LogP contribution is -2.61. The predicted molar refractivity (Wildman–Crippen MR) is 379 cm³/mol. The van der Waals surface area contributed by atoms with E-state index in [4.69, 9.17) is 11.5 Å². The van der Waals surface area contributed by atoms with Crippen LogP contribution in [0.4, 0.5) is 0 Å². The average molecular weight is 1530 g/mol. The number of aliphatic hydroxyl groups excluding tert-OH is 1. The van der Waals surface area contributed by atoms with E-state index >= 15 is 0 Å². The highest BCUT2D eigenvalue weighted by Gasteiger charge is 2.41. The van der Waals surface area contributed by atoms with Crippen molar-refractivity contribution in [2.45, 2.75) is 143 Å². The first-order valence-electron chi connectivity index (χ1n) is 30.9. The molecule has 42 heteroatoms. The predicted octanol–water partition coefficient (Wildman–Crippen LogP) is -7.55. The molecule has 1 saturated heterocycles. The number of carboxylic acid groups (broad SMARTS) is 2. The van der Waals surface area contributed by atoms with E-state index in [0.717, 1.165) is 11.8 Å². The number of rotatable bonds is 42. The minimum atomic E-state index is -1.78. The Hall–Kier alpha value is -8.42. The van der Waals surface area contributed by atoms with Crippen LogP contribution in [0.2, 0.25) is 0 Å². The van der Waals surface area contributed by atoms with Crippen LogP contribution >= 0.6 is 75.8 Å². The Labute approximate surface area is 611 Å². The van der Waals surface area contributed by atoms with Crippen molar-refractivity contribution < 1.29 is 102 Å². The normalized spacial score (nSPS) is 16.4. The first-order chi connectivity index (χ1) is 47.6. The van der Waals surface area contributed by atoms with Gasteiger partial charge in [-0.3, -0.25) is 71.9 Å². The van der Waals surface area contributed by atoms with Crippen molar-refractivity contribution in [3.63, 3.8) is 0 Å². The lowest BCUT2D eigenvalue weighted by molar-refractivity contribution is -0.143. The molecule has 0 aromatic heterocycles. The first-order valence-corrected chi connectivity index (χ1v) is 34.7. The number of aliphatic carboxylic acids is 2. The van der Waals surface area contributed by atoms with Crippen molar-refractivity contribution in [3.05, 3.63) is 59.7 Å². The van der Waals surface area contributed by atoms with Crippen LogP contribution in [-0.2, 0) is 89.6 Å². The molecule has 2 aromatic carbocycles. The molecule has 0 radical (unpaired) electrons. The molecule has 1 aliphatic rings. The van der Waals surface area contributed by atoms with E-state index < -0.39 is 222 Å². The van der Waals surface area contributed by atoms with E-state index in [1.807, 2.05) is 0 Å². The molecule has 2 aromatic rings. The third-order valence-electron chi connectivity index (χ3n) is 15.0.